The molecule has 0 radical (unpaired) electrons. The lowest BCUT2D eigenvalue weighted by Gasteiger charge is -2.33. The van der Waals surface area contributed by atoms with Crippen molar-refractivity contribution in [3.8, 4) is 0 Å². The number of hydrogen-bond acceptors (Lipinski definition) is 3. The summed E-state index contributed by atoms with van der Waals surface area (Å²) in [5, 5.41) is 6.31. The second-order valence-electron chi connectivity index (χ2n) is 7.89. The molecule has 146 valence electrons. The molecule has 1 aliphatic rings. The van der Waals surface area contributed by atoms with Crippen molar-refractivity contribution >= 4 is 23.2 Å². The number of hydrogen-bond donors (Lipinski definition) is 1. The third-order valence-corrected chi connectivity index (χ3v) is 5.35. The smallest absolute Gasteiger partial charge is 0.360 e. The molecule has 0 bridgehead atoms. The number of aromatic nitrogens is 1. The maximum absolute atomic E-state index is 12.9. The molecule has 8 heteroatoms. The second-order valence-corrected chi connectivity index (χ2v) is 8.29. The van der Waals surface area contributed by atoms with E-state index in [1.54, 1.807) is 0 Å². The van der Waals surface area contributed by atoms with Gasteiger partial charge in [-0.1, -0.05) is 37.5 Å². The normalized spacial score (nSPS) is 17.5. The Labute approximate surface area is 160 Å². The van der Waals surface area contributed by atoms with Crippen LogP contribution in [0, 0.1) is 11.3 Å². The van der Waals surface area contributed by atoms with Gasteiger partial charge in [-0.15, -0.1) is 0 Å². The molecule has 1 atom stereocenters. The first-order valence-corrected chi connectivity index (χ1v) is 9.00. The van der Waals surface area contributed by atoms with Crippen LogP contribution in [0.1, 0.15) is 54.6 Å². The second kappa shape index (κ2) is 6.86. The number of amides is 1. The number of halogens is 4. The van der Waals surface area contributed by atoms with Gasteiger partial charge in [0.15, 0.2) is 5.69 Å². The van der Waals surface area contributed by atoms with Gasteiger partial charge in [0, 0.05) is 12.0 Å². The van der Waals surface area contributed by atoms with E-state index in [0.717, 1.165) is 30.2 Å². The van der Waals surface area contributed by atoms with E-state index in [1.807, 2.05) is 0 Å². The van der Waals surface area contributed by atoms with Crippen LogP contribution >= 0.6 is 11.6 Å². The standard InChI is InChI=1S/C19H20ClF3N2O2/c1-18(2,3)10-5-7-15-12(8-10)16(25-27-15)17(26)24-14-9-11(19(21,22)23)4-6-13(14)20/h4,6,9-10H,5,7-8H2,1-3H3,(H,24,26)/t10-/m1/s1. The van der Waals surface area contributed by atoms with Gasteiger partial charge in [0.05, 0.1) is 16.3 Å². The molecule has 0 saturated carbocycles. The van der Waals surface area contributed by atoms with Crippen molar-refractivity contribution in [2.75, 3.05) is 5.32 Å². The van der Waals surface area contributed by atoms with E-state index in [1.165, 1.54) is 0 Å². The van der Waals surface area contributed by atoms with Crippen LogP contribution in [0.5, 0.6) is 0 Å². The van der Waals surface area contributed by atoms with E-state index < -0.39 is 17.6 Å². The SMILES string of the molecule is CC(C)(C)[C@@H]1CCc2onc(C(=O)Nc3cc(C(F)(F)F)ccc3Cl)c2C1. The third-order valence-electron chi connectivity index (χ3n) is 5.02. The largest absolute Gasteiger partial charge is 0.416 e. The molecule has 3 rings (SSSR count). The predicted molar refractivity (Wildman–Crippen MR) is 95.9 cm³/mol. The topological polar surface area (TPSA) is 55.1 Å². The van der Waals surface area contributed by atoms with Crippen LogP contribution in [-0.2, 0) is 19.0 Å². The molecule has 0 spiro atoms. The van der Waals surface area contributed by atoms with Crippen LogP contribution in [0.2, 0.25) is 5.02 Å². The number of anilines is 1. The zero-order valence-electron chi connectivity index (χ0n) is 15.2. The molecule has 1 heterocycles. The first-order chi connectivity index (χ1) is 12.5. The molecule has 1 N–H and O–H groups in total. The minimum Gasteiger partial charge on any atom is -0.360 e. The Morgan fingerprint density at radius 2 is 2.00 bits per heavy atom. The lowest BCUT2D eigenvalue weighted by molar-refractivity contribution is -0.137. The fraction of sp³-hybridized carbons (Fsp3) is 0.474. The Morgan fingerprint density at radius 3 is 2.63 bits per heavy atom. The molecule has 0 fully saturated rings. The van der Waals surface area contributed by atoms with Crippen molar-refractivity contribution in [1.29, 1.82) is 0 Å². The summed E-state index contributed by atoms with van der Waals surface area (Å²) >= 11 is 5.95. The zero-order valence-corrected chi connectivity index (χ0v) is 16.0. The van der Waals surface area contributed by atoms with Crippen molar-refractivity contribution in [1.82, 2.24) is 5.16 Å². The highest BCUT2D eigenvalue weighted by Crippen LogP contribution is 2.39. The van der Waals surface area contributed by atoms with Crippen LogP contribution in [0.15, 0.2) is 22.7 Å². The molecule has 0 aliphatic heterocycles. The molecular formula is C19H20ClF3N2O2. The van der Waals surface area contributed by atoms with Crippen molar-refractivity contribution in [2.45, 2.75) is 46.2 Å². The molecule has 0 saturated heterocycles. The number of nitrogens with one attached hydrogen (secondary N) is 1. The minimum atomic E-state index is -4.53. The monoisotopic (exact) mass is 400 g/mol. The average molecular weight is 401 g/mol. The summed E-state index contributed by atoms with van der Waals surface area (Å²) < 4.78 is 44.0. The van der Waals surface area contributed by atoms with E-state index in [4.69, 9.17) is 16.1 Å². The van der Waals surface area contributed by atoms with Crippen LogP contribution in [-0.4, -0.2) is 11.1 Å². The molecule has 4 nitrogen and oxygen atoms in total. The summed E-state index contributed by atoms with van der Waals surface area (Å²) in [6.45, 7) is 6.41. The lowest BCUT2D eigenvalue weighted by atomic mass is 9.71. The summed E-state index contributed by atoms with van der Waals surface area (Å²) in [5.74, 6) is 0.389. The molecule has 1 amide bonds. The van der Waals surface area contributed by atoms with E-state index in [9.17, 15) is 18.0 Å². The fourth-order valence-electron chi connectivity index (χ4n) is 3.30. The molecule has 0 unspecified atom stereocenters. The third kappa shape index (κ3) is 4.13. The lowest BCUT2D eigenvalue weighted by Crippen LogP contribution is -2.27. The highest BCUT2D eigenvalue weighted by atomic mass is 35.5. The Kier molecular flexibility index (Phi) is 5.01. The first kappa shape index (κ1) is 19.7. The van der Waals surface area contributed by atoms with Gasteiger partial charge in [-0.05, 0) is 42.4 Å². The van der Waals surface area contributed by atoms with Crippen molar-refractivity contribution < 1.29 is 22.5 Å². The van der Waals surface area contributed by atoms with Crippen molar-refractivity contribution in [3.05, 3.63) is 45.8 Å². The zero-order chi connectivity index (χ0) is 20.0. The van der Waals surface area contributed by atoms with Crippen LogP contribution in [0.25, 0.3) is 0 Å². The Balaban J connectivity index is 1.86. The number of carbonyl (C=O) groups is 1. The molecule has 1 aliphatic carbocycles. The van der Waals surface area contributed by atoms with E-state index in [-0.39, 0.29) is 21.8 Å². The summed E-state index contributed by atoms with van der Waals surface area (Å²) in [6, 6.07) is 2.78. The Hall–Kier alpha value is -2.02. The van der Waals surface area contributed by atoms with Gasteiger partial charge in [-0.2, -0.15) is 13.2 Å². The van der Waals surface area contributed by atoms with Gasteiger partial charge >= 0.3 is 6.18 Å². The number of nitrogens with zero attached hydrogens (tertiary/aromatic N) is 1. The number of carbonyl (C=O) groups excluding carboxylic acids is 1. The van der Waals surface area contributed by atoms with E-state index in [0.29, 0.717) is 24.5 Å². The molecule has 2 aromatic rings. The van der Waals surface area contributed by atoms with Crippen LogP contribution in [0.3, 0.4) is 0 Å². The van der Waals surface area contributed by atoms with Gasteiger partial charge < -0.3 is 9.84 Å². The van der Waals surface area contributed by atoms with E-state index >= 15 is 0 Å². The number of benzene rings is 1. The molecule has 1 aromatic carbocycles. The quantitative estimate of drug-likeness (QED) is 0.698. The highest BCUT2D eigenvalue weighted by Gasteiger charge is 2.35. The van der Waals surface area contributed by atoms with Gasteiger partial charge in [-0.25, -0.2) is 0 Å². The van der Waals surface area contributed by atoms with Gasteiger partial charge in [0.25, 0.3) is 5.91 Å². The summed E-state index contributed by atoms with van der Waals surface area (Å²) in [4.78, 5) is 12.6. The minimum absolute atomic E-state index is 0.0151. The number of rotatable bonds is 2. The van der Waals surface area contributed by atoms with Crippen molar-refractivity contribution in [3.63, 3.8) is 0 Å². The van der Waals surface area contributed by atoms with Crippen LogP contribution in [0.4, 0.5) is 18.9 Å². The van der Waals surface area contributed by atoms with Crippen LogP contribution < -0.4 is 5.32 Å². The number of aryl methyl sites for hydroxylation is 1. The Morgan fingerprint density at radius 1 is 1.30 bits per heavy atom. The van der Waals surface area contributed by atoms with Gasteiger partial charge in [-0.3, -0.25) is 4.79 Å². The number of fused-ring (bicyclic) bond motifs is 1. The first-order valence-electron chi connectivity index (χ1n) is 8.62. The number of alkyl halides is 3. The maximum atomic E-state index is 12.9. The molecule has 1 aromatic heterocycles. The van der Waals surface area contributed by atoms with Gasteiger partial charge in [0.2, 0.25) is 0 Å². The van der Waals surface area contributed by atoms with Crippen molar-refractivity contribution in [2.24, 2.45) is 11.3 Å². The summed E-state index contributed by atoms with van der Waals surface area (Å²) in [5.41, 5.74) is -0.115. The predicted octanol–water partition coefficient (Wildman–Crippen LogP) is 5.75. The molecule has 27 heavy (non-hydrogen) atoms. The fourth-order valence-corrected chi connectivity index (χ4v) is 3.47. The Bertz CT molecular complexity index is 869. The molecular weight excluding hydrogens is 381 g/mol. The summed E-state index contributed by atoms with van der Waals surface area (Å²) in [6.07, 6.45) is -2.27. The average Bonchev–Trinajstić information content (AvgIpc) is 2.98. The van der Waals surface area contributed by atoms with E-state index in [2.05, 4.69) is 31.2 Å². The van der Waals surface area contributed by atoms with Gasteiger partial charge in [0.1, 0.15) is 5.76 Å². The summed E-state index contributed by atoms with van der Waals surface area (Å²) in [7, 11) is 0. The highest BCUT2D eigenvalue weighted by molar-refractivity contribution is 6.34. The maximum Gasteiger partial charge on any atom is 0.416 e.